The third-order valence-electron chi connectivity index (χ3n) is 3.57. The summed E-state index contributed by atoms with van der Waals surface area (Å²) in [6.07, 6.45) is 1.21. The van der Waals surface area contributed by atoms with Crippen molar-refractivity contribution >= 4 is 0 Å². The molecule has 0 aliphatic rings. The fourth-order valence-corrected chi connectivity index (χ4v) is 2.40. The quantitative estimate of drug-likeness (QED) is 0.796. The molecule has 0 aliphatic carbocycles. The van der Waals surface area contributed by atoms with Crippen molar-refractivity contribution in [2.24, 2.45) is 0 Å². The number of nitrogens with one attached hydrogen (secondary N) is 1. The number of hydrogen-bond acceptors (Lipinski definition) is 2. The first-order chi connectivity index (χ1) is 8.60. The van der Waals surface area contributed by atoms with Gasteiger partial charge < -0.3 is 5.32 Å². The third-order valence-corrected chi connectivity index (χ3v) is 3.57. The standard InChI is InChI=1S/C16H28N2/c1-6-11-18(13(2)3)12-16(17-5)15-10-8-7-9-14(15)4/h7-10,13,16-17H,6,11-12H2,1-5H3. The van der Waals surface area contributed by atoms with Crippen molar-refractivity contribution in [1.29, 1.82) is 0 Å². The molecule has 1 atom stereocenters. The van der Waals surface area contributed by atoms with Gasteiger partial charge in [0.15, 0.2) is 0 Å². The second-order valence-electron chi connectivity index (χ2n) is 5.29. The zero-order valence-electron chi connectivity index (χ0n) is 12.5. The molecule has 1 rings (SSSR count). The molecule has 0 saturated carbocycles. The number of nitrogens with zero attached hydrogens (tertiary/aromatic N) is 1. The largest absolute Gasteiger partial charge is 0.312 e. The van der Waals surface area contributed by atoms with Gasteiger partial charge in [0.2, 0.25) is 0 Å². The Morgan fingerprint density at radius 2 is 1.89 bits per heavy atom. The van der Waals surface area contributed by atoms with Gasteiger partial charge >= 0.3 is 0 Å². The lowest BCUT2D eigenvalue weighted by atomic mass is 10.0. The summed E-state index contributed by atoms with van der Waals surface area (Å²) in [6, 6.07) is 9.69. The fraction of sp³-hybridized carbons (Fsp3) is 0.625. The average Bonchev–Trinajstić information content (AvgIpc) is 2.35. The van der Waals surface area contributed by atoms with E-state index in [2.05, 4.69) is 69.2 Å². The molecule has 1 unspecified atom stereocenters. The van der Waals surface area contributed by atoms with Gasteiger partial charge in [0.1, 0.15) is 0 Å². The Labute approximate surface area is 112 Å². The summed E-state index contributed by atoms with van der Waals surface area (Å²) in [4.78, 5) is 2.55. The summed E-state index contributed by atoms with van der Waals surface area (Å²) in [5, 5.41) is 3.46. The predicted octanol–water partition coefficient (Wildman–Crippen LogP) is 3.38. The van der Waals surface area contributed by atoms with E-state index in [9.17, 15) is 0 Å². The van der Waals surface area contributed by atoms with Gasteiger partial charge in [-0.05, 0) is 51.9 Å². The van der Waals surface area contributed by atoms with Gasteiger partial charge in [-0.15, -0.1) is 0 Å². The van der Waals surface area contributed by atoms with Crippen molar-refractivity contribution in [3.63, 3.8) is 0 Å². The molecule has 0 heterocycles. The van der Waals surface area contributed by atoms with Gasteiger partial charge in [-0.25, -0.2) is 0 Å². The molecule has 1 aromatic rings. The smallest absolute Gasteiger partial charge is 0.0449 e. The first kappa shape index (κ1) is 15.2. The summed E-state index contributed by atoms with van der Waals surface area (Å²) in [5.41, 5.74) is 2.79. The highest BCUT2D eigenvalue weighted by atomic mass is 15.2. The summed E-state index contributed by atoms with van der Waals surface area (Å²) in [7, 11) is 2.06. The second kappa shape index (κ2) is 7.55. The van der Waals surface area contributed by atoms with Crippen LogP contribution >= 0.6 is 0 Å². The van der Waals surface area contributed by atoms with Gasteiger partial charge in [-0.1, -0.05) is 31.2 Å². The molecule has 0 radical (unpaired) electrons. The Morgan fingerprint density at radius 3 is 2.39 bits per heavy atom. The van der Waals surface area contributed by atoms with E-state index in [0.29, 0.717) is 12.1 Å². The van der Waals surface area contributed by atoms with Crippen LogP contribution in [0.2, 0.25) is 0 Å². The molecule has 102 valence electrons. The van der Waals surface area contributed by atoms with Crippen LogP contribution in [0.4, 0.5) is 0 Å². The van der Waals surface area contributed by atoms with Crippen LogP contribution in [0.15, 0.2) is 24.3 Å². The maximum absolute atomic E-state index is 3.46. The summed E-state index contributed by atoms with van der Waals surface area (Å²) >= 11 is 0. The van der Waals surface area contributed by atoms with Crippen molar-refractivity contribution < 1.29 is 0 Å². The number of hydrogen-bond donors (Lipinski definition) is 1. The molecule has 0 aliphatic heterocycles. The predicted molar refractivity (Wildman–Crippen MR) is 80.0 cm³/mol. The molecule has 0 amide bonds. The number of aryl methyl sites for hydroxylation is 1. The maximum Gasteiger partial charge on any atom is 0.0449 e. The first-order valence-corrected chi connectivity index (χ1v) is 7.07. The molecule has 2 heteroatoms. The highest BCUT2D eigenvalue weighted by Gasteiger charge is 2.17. The van der Waals surface area contributed by atoms with E-state index in [0.717, 1.165) is 6.54 Å². The Hall–Kier alpha value is -0.860. The van der Waals surface area contributed by atoms with E-state index in [1.165, 1.54) is 24.1 Å². The van der Waals surface area contributed by atoms with Crippen LogP contribution in [-0.2, 0) is 0 Å². The summed E-state index contributed by atoms with van der Waals surface area (Å²) in [5.74, 6) is 0. The van der Waals surface area contributed by atoms with E-state index in [1.807, 2.05) is 0 Å². The normalized spacial score (nSPS) is 13.3. The monoisotopic (exact) mass is 248 g/mol. The SMILES string of the molecule is CCCN(CC(NC)c1ccccc1C)C(C)C. The first-order valence-electron chi connectivity index (χ1n) is 7.07. The highest BCUT2D eigenvalue weighted by molar-refractivity contribution is 5.29. The molecular formula is C16H28N2. The summed E-state index contributed by atoms with van der Waals surface area (Å²) in [6.45, 7) is 11.2. The van der Waals surface area contributed by atoms with Crippen LogP contribution in [-0.4, -0.2) is 31.1 Å². The van der Waals surface area contributed by atoms with Crippen molar-refractivity contribution in [1.82, 2.24) is 10.2 Å². The van der Waals surface area contributed by atoms with Crippen LogP contribution in [0.25, 0.3) is 0 Å². The Morgan fingerprint density at radius 1 is 1.22 bits per heavy atom. The van der Waals surface area contributed by atoms with Crippen molar-refractivity contribution in [2.45, 2.75) is 46.2 Å². The molecule has 0 aromatic heterocycles. The lowest BCUT2D eigenvalue weighted by molar-refractivity contribution is 0.200. The van der Waals surface area contributed by atoms with Crippen LogP contribution in [0, 0.1) is 6.92 Å². The van der Waals surface area contributed by atoms with Gasteiger partial charge in [0.05, 0.1) is 0 Å². The van der Waals surface area contributed by atoms with E-state index in [1.54, 1.807) is 0 Å². The minimum Gasteiger partial charge on any atom is -0.312 e. The Balaban J connectivity index is 2.80. The number of likely N-dealkylation sites (N-methyl/N-ethyl adjacent to an activating group) is 1. The zero-order chi connectivity index (χ0) is 13.5. The van der Waals surface area contributed by atoms with Crippen molar-refractivity contribution in [3.8, 4) is 0 Å². The topological polar surface area (TPSA) is 15.3 Å². The molecule has 0 spiro atoms. The lowest BCUT2D eigenvalue weighted by Gasteiger charge is -2.31. The molecule has 1 aromatic carbocycles. The van der Waals surface area contributed by atoms with Gasteiger partial charge in [-0.2, -0.15) is 0 Å². The minimum absolute atomic E-state index is 0.417. The van der Waals surface area contributed by atoms with Gasteiger partial charge in [0.25, 0.3) is 0 Å². The van der Waals surface area contributed by atoms with E-state index < -0.39 is 0 Å². The van der Waals surface area contributed by atoms with Crippen molar-refractivity contribution in [2.75, 3.05) is 20.1 Å². The van der Waals surface area contributed by atoms with E-state index >= 15 is 0 Å². The number of rotatable bonds is 7. The summed E-state index contributed by atoms with van der Waals surface area (Å²) < 4.78 is 0. The lowest BCUT2D eigenvalue weighted by Crippen LogP contribution is -2.38. The molecule has 0 saturated heterocycles. The minimum atomic E-state index is 0.417. The van der Waals surface area contributed by atoms with Crippen molar-refractivity contribution in [3.05, 3.63) is 35.4 Å². The molecule has 0 bridgehead atoms. The Bertz CT molecular complexity index is 347. The number of benzene rings is 1. The zero-order valence-corrected chi connectivity index (χ0v) is 12.5. The highest BCUT2D eigenvalue weighted by Crippen LogP contribution is 2.19. The average molecular weight is 248 g/mol. The molecule has 2 nitrogen and oxygen atoms in total. The molecule has 18 heavy (non-hydrogen) atoms. The van der Waals surface area contributed by atoms with Crippen LogP contribution < -0.4 is 5.32 Å². The molecule has 0 fully saturated rings. The van der Waals surface area contributed by atoms with Gasteiger partial charge in [0, 0.05) is 18.6 Å². The fourth-order valence-electron chi connectivity index (χ4n) is 2.40. The van der Waals surface area contributed by atoms with E-state index in [4.69, 9.17) is 0 Å². The van der Waals surface area contributed by atoms with E-state index in [-0.39, 0.29) is 0 Å². The van der Waals surface area contributed by atoms with Crippen LogP contribution in [0.1, 0.15) is 44.4 Å². The molecule has 1 N–H and O–H groups in total. The second-order valence-corrected chi connectivity index (χ2v) is 5.29. The molecular weight excluding hydrogens is 220 g/mol. The maximum atomic E-state index is 3.46. The van der Waals surface area contributed by atoms with Gasteiger partial charge in [-0.3, -0.25) is 4.90 Å². The van der Waals surface area contributed by atoms with Crippen LogP contribution in [0.3, 0.4) is 0 Å². The Kier molecular flexibility index (Phi) is 6.37. The third kappa shape index (κ3) is 4.11. The van der Waals surface area contributed by atoms with Crippen LogP contribution in [0.5, 0.6) is 0 Å².